The van der Waals surface area contributed by atoms with E-state index in [-0.39, 0.29) is 5.69 Å². The zero-order valence-corrected chi connectivity index (χ0v) is 13.1. The number of piperidine rings is 1. The van der Waals surface area contributed by atoms with Crippen LogP contribution in [-0.4, -0.2) is 28.0 Å². The lowest BCUT2D eigenvalue weighted by Crippen LogP contribution is -2.35. The third kappa shape index (κ3) is 3.02. The van der Waals surface area contributed by atoms with Crippen molar-refractivity contribution in [3.05, 3.63) is 46.6 Å². The second-order valence-corrected chi connectivity index (χ2v) is 5.83. The Hall–Kier alpha value is -2.19. The highest BCUT2D eigenvalue weighted by atomic mass is 35.5. The highest BCUT2D eigenvalue weighted by Crippen LogP contribution is 2.29. The second-order valence-electron chi connectivity index (χ2n) is 5.43. The van der Waals surface area contributed by atoms with E-state index in [4.69, 9.17) is 16.9 Å². The van der Waals surface area contributed by atoms with E-state index in [1.165, 1.54) is 0 Å². The molecule has 1 saturated heterocycles. The molecule has 0 saturated carbocycles. The van der Waals surface area contributed by atoms with Crippen molar-refractivity contribution >= 4 is 17.4 Å². The van der Waals surface area contributed by atoms with Gasteiger partial charge in [0, 0.05) is 30.9 Å². The lowest BCUT2D eigenvalue weighted by Gasteiger charge is -2.33. The van der Waals surface area contributed by atoms with Gasteiger partial charge >= 0.3 is 0 Å². The maximum absolute atomic E-state index is 9.07. The normalized spacial score (nSPS) is 18.0. The van der Waals surface area contributed by atoms with Gasteiger partial charge in [-0.15, -0.1) is 0 Å². The molecule has 1 aliphatic rings. The third-order valence-corrected chi connectivity index (χ3v) is 4.20. The Morgan fingerprint density at radius 3 is 2.95 bits per heavy atom. The van der Waals surface area contributed by atoms with Crippen LogP contribution in [0.1, 0.15) is 36.0 Å². The lowest BCUT2D eigenvalue weighted by atomic mass is 9.94. The predicted molar refractivity (Wildman–Crippen MR) is 84.9 cm³/mol. The molecule has 22 heavy (non-hydrogen) atoms. The summed E-state index contributed by atoms with van der Waals surface area (Å²) < 4.78 is 0. The third-order valence-electron chi connectivity index (χ3n) is 3.90. The van der Waals surface area contributed by atoms with Crippen LogP contribution < -0.4 is 4.90 Å². The number of aromatic nitrogens is 3. The summed E-state index contributed by atoms with van der Waals surface area (Å²) in [5.74, 6) is 1.96. The van der Waals surface area contributed by atoms with Crippen LogP contribution >= 0.6 is 11.6 Å². The van der Waals surface area contributed by atoms with Crippen LogP contribution in [0.4, 0.5) is 5.82 Å². The molecule has 1 fully saturated rings. The number of nitriles is 1. The summed E-state index contributed by atoms with van der Waals surface area (Å²) >= 11 is 5.96. The Morgan fingerprint density at radius 1 is 1.32 bits per heavy atom. The highest BCUT2D eigenvalue weighted by Gasteiger charge is 2.23. The molecule has 1 atom stereocenters. The van der Waals surface area contributed by atoms with E-state index in [9.17, 15) is 0 Å². The van der Waals surface area contributed by atoms with Crippen LogP contribution in [0, 0.1) is 18.3 Å². The van der Waals surface area contributed by atoms with Crippen LogP contribution in [-0.2, 0) is 0 Å². The van der Waals surface area contributed by atoms with Gasteiger partial charge in [0.1, 0.15) is 17.7 Å². The standard InChI is InChI=1S/C16H16ClN5/c1-11-19-7-6-14(20-11)12-3-2-8-22(10-12)16-5-4-13(17)15(9-18)21-16/h4-7,12H,2-3,8,10H2,1H3. The first-order chi connectivity index (χ1) is 10.7. The first-order valence-corrected chi connectivity index (χ1v) is 7.66. The minimum absolute atomic E-state index is 0.277. The zero-order chi connectivity index (χ0) is 15.5. The fraction of sp³-hybridized carbons (Fsp3) is 0.375. The molecule has 5 nitrogen and oxygen atoms in total. The second kappa shape index (κ2) is 6.29. The monoisotopic (exact) mass is 313 g/mol. The van der Waals surface area contributed by atoms with Crippen molar-refractivity contribution in [3.8, 4) is 6.07 Å². The van der Waals surface area contributed by atoms with Crippen molar-refractivity contribution in [1.82, 2.24) is 15.0 Å². The van der Waals surface area contributed by atoms with Crippen molar-refractivity contribution < 1.29 is 0 Å². The molecule has 2 aromatic heterocycles. The van der Waals surface area contributed by atoms with Crippen molar-refractivity contribution in [2.24, 2.45) is 0 Å². The molecule has 3 rings (SSSR count). The van der Waals surface area contributed by atoms with E-state index in [0.717, 1.165) is 43.3 Å². The van der Waals surface area contributed by atoms with E-state index in [0.29, 0.717) is 10.9 Å². The van der Waals surface area contributed by atoms with Crippen molar-refractivity contribution in [1.29, 1.82) is 5.26 Å². The molecule has 0 aromatic carbocycles. The largest absolute Gasteiger partial charge is 0.356 e. The summed E-state index contributed by atoms with van der Waals surface area (Å²) in [4.78, 5) is 15.3. The number of hydrogen-bond donors (Lipinski definition) is 0. The van der Waals surface area contributed by atoms with Gasteiger partial charge in [-0.3, -0.25) is 0 Å². The molecule has 2 aromatic rings. The van der Waals surface area contributed by atoms with Crippen molar-refractivity contribution in [2.75, 3.05) is 18.0 Å². The first kappa shape index (κ1) is 14.7. The SMILES string of the molecule is Cc1nccc(C2CCCN(c3ccc(Cl)c(C#N)n3)C2)n1. The number of hydrogen-bond acceptors (Lipinski definition) is 5. The van der Waals surface area contributed by atoms with Crippen LogP contribution in [0.15, 0.2) is 24.4 Å². The quantitative estimate of drug-likeness (QED) is 0.852. The van der Waals surface area contributed by atoms with Gasteiger partial charge in [0.25, 0.3) is 0 Å². The fourth-order valence-electron chi connectivity index (χ4n) is 2.81. The van der Waals surface area contributed by atoms with E-state index < -0.39 is 0 Å². The Morgan fingerprint density at radius 2 is 2.18 bits per heavy atom. The topological polar surface area (TPSA) is 65.7 Å². The first-order valence-electron chi connectivity index (χ1n) is 7.28. The maximum Gasteiger partial charge on any atom is 0.161 e. The number of rotatable bonds is 2. The molecule has 0 radical (unpaired) electrons. The molecule has 0 spiro atoms. The van der Waals surface area contributed by atoms with Gasteiger partial charge in [-0.05, 0) is 38.0 Å². The number of anilines is 1. The Labute approximate surface area is 134 Å². The Kier molecular flexibility index (Phi) is 4.21. The van der Waals surface area contributed by atoms with Gasteiger partial charge in [-0.1, -0.05) is 11.6 Å². The van der Waals surface area contributed by atoms with Gasteiger partial charge in [0.05, 0.1) is 5.02 Å². The van der Waals surface area contributed by atoms with Crippen LogP contribution in [0.2, 0.25) is 5.02 Å². The molecule has 0 N–H and O–H groups in total. The number of pyridine rings is 1. The molecular weight excluding hydrogens is 298 g/mol. The van der Waals surface area contributed by atoms with Gasteiger partial charge < -0.3 is 4.90 Å². The summed E-state index contributed by atoms with van der Waals surface area (Å²) in [6.45, 7) is 3.68. The average molecular weight is 314 g/mol. The van der Waals surface area contributed by atoms with E-state index in [1.807, 2.05) is 31.3 Å². The molecule has 6 heteroatoms. The fourth-order valence-corrected chi connectivity index (χ4v) is 2.96. The minimum atomic E-state index is 0.277. The number of halogens is 1. The summed E-state index contributed by atoms with van der Waals surface area (Å²) in [6, 6.07) is 7.63. The maximum atomic E-state index is 9.07. The van der Waals surface area contributed by atoms with Crippen LogP contribution in [0.25, 0.3) is 0 Å². The molecule has 0 bridgehead atoms. The predicted octanol–water partition coefficient (Wildman–Crippen LogP) is 3.09. The molecule has 0 aliphatic carbocycles. The minimum Gasteiger partial charge on any atom is -0.356 e. The lowest BCUT2D eigenvalue weighted by molar-refractivity contribution is 0.497. The van der Waals surface area contributed by atoms with Crippen LogP contribution in [0.3, 0.4) is 0 Å². The molecular formula is C16H16ClN5. The van der Waals surface area contributed by atoms with E-state index >= 15 is 0 Å². The average Bonchev–Trinajstić information content (AvgIpc) is 2.55. The van der Waals surface area contributed by atoms with Gasteiger partial charge in [-0.2, -0.15) is 5.26 Å². The van der Waals surface area contributed by atoms with Crippen molar-refractivity contribution in [3.63, 3.8) is 0 Å². The van der Waals surface area contributed by atoms with Crippen LogP contribution in [0.5, 0.6) is 0 Å². The molecule has 0 amide bonds. The highest BCUT2D eigenvalue weighted by molar-refractivity contribution is 6.31. The smallest absolute Gasteiger partial charge is 0.161 e. The summed E-state index contributed by atoms with van der Waals surface area (Å²) in [5, 5.41) is 9.46. The van der Waals surface area contributed by atoms with Crippen molar-refractivity contribution in [2.45, 2.75) is 25.7 Å². The van der Waals surface area contributed by atoms with Gasteiger partial charge in [0.2, 0.25) is 0 Å². The number of nitrogens with zero attached hydrogens (tertiary/aromatic N) is 5. The zero-order valence-electron chi connectivity index (χ0n) is 12.3. The summed E-state index contributed by atoms with van der Waals surface area (Å²) in [7, 11) is 0. The van der Waals surface area contributed by atoms with E-state index in [2.05, 4.69) is 19.9 Å². The molecule has 112 valence electrons. The molecule has 1 unspecified atom stereocenters. The van der Waals surface area contributed by atoms with Gasteiger partial charge in [-0.25, -0.2) is 15.0 Å². The van der Waals surface area contributed by atoms with Gasteiger partial charge in [0.15, 0.2) is 5.69 Å². The Balaban J connectivity index is 1.83. The summed E-state index contributed by atoms with van der Waals surface area (Å²) in [5.41, 5.74) is 1.35. The molecule has 3 heterocycles. The van der Waals surface area contributed by atoms with E-state index in [1.54, 1.807) is 6.07 Å². The molecule has 1 aliphatic heterocycles. The number of aryl methyl sites for hydroxylation is 1. The Bertz CT molecular complexity index is 725. The summed E-state index contributed by atoms with van der Waals surface area (Å²) in [6.07, 6.45) is 3.98.